The van der Waals surface area contributed by atoms with Gasteiger partial charge in [0.2, 0.25) is 15.9 Å². The highest BCUT2D eigenvalue weighted by Gasteiger charge is 2.32. The van der Waals surface area contributed by atoms with Crippen molar-refractivity contribution in [2.75, 3.05) is 31.1 Å². The van der Waals surface area contributed by atoms with Crippen LogP contribution in [-0.2, 0) is 19.6 Å². The van der Waals surface area contributed by atoms with Gasteiger partial charge in [0.25, 0.3) is 5.91 Å². The molecule has 9 heteroatoms. The fraction of sp³-hybridized carbons (Fsp3) is 0.417. The van der Waals surface area contributed by atoms with Crippen LogP contribution in [0.5, 0.6) is 5.75 Å². The zero-order chi connectivity index (χ0) is 23.6. The Bertz CT molecular complexity index is 1130. The number of hydrogen-bond acceptors (Lipinski definition) is 5. The van der Waals surface area contributed by atoms with Crippen molar-refractivity contribution >= 4 is 27.5 Å². The van der Waals surface area contributed by atoms with Crippen molar-refractivity contribution in [2.24, 2.45) is 5.92 Å². The molecule has 2 aliphatic rings. The largest absolute Gasteiger partial charge is 0.482 e. The van der Waals surface area contributed by atoms with Crippen LogP contribution in [0.25, 0.3) is 0 Å². The third-order valence-corrected chi connectivity index (χ3v) is 8.13. The third kappa shape index (κ3) is 5.04. The van der Waals surface area contributed by atoms with Gasteiger partial charge in [-0.2, -0.15) is 4.31 Å². The van der Waals surface area contributed by atoms with Gasteiger partial charge < -0.3 is 10.1 Å². The number of carbonyl (C=O) groups excluding carboxylic acids is 2. The van der Waals surface area contributed by atoms with E-state index in [1.165, 1.54) is 21.3 Å². The summed E-state index contributed by atoms with van der Waals surface area (Å²) >= 11 is 0. The van der Waals surface area contributed by atoms with Crippen LogP contribution >= 0.6 is 0 Å². The summed E-state index contributed by atoms with van der Waals surface area (Å²) in [4.78, 5) is 26.7. The third-order valence-electron chi connectivity index (χ3n) is 6.23. The number of ether oxygens (including phenoxy) is 1. The Morgan fingerprint density at radius 1 is 1.15 bits per heavy atom. The predicted molar refractivity (Wildman–Crippen MR) is 124 cm³/mol. The van der Waals surface area contributed by atoms with Crippen molar-refractivity contribution in [3.63, 3.8) is 0 Å². The maximum atomic E-state index is 13.2. The SMILES string of the molecule is CC1CCN(S(=O)(=O)c2ccc3c(c2)N(CC(=O)N[C@H](C)c2ccccc2)C(=O)CO3)CC1. The normalized spacial score (nSPS) is 18.4. The molecule has 2 aliphatic heterocycles. The highest BCUT2D eigenvalue weighted by atomic mass is 32.2. The number of hydrogen-bond donors (Lipinski definition) is 1. The van der Waals surface area contributed by atoms with Gasteiger partial charge in [-0.3, -0.25) is 14.5 Å². The Morgan fingerprint density at radius 3 is 2.55 bits per heavy atom. The summed E-state index contributed by atoms with van der Waals surface area (Å²) in [5.74, 6) is 0.139. The molecular formula is C24H29N3O5S. The van der Waals surface area contributed by atoms with Crippen LogP contribution in [0.2, 0.25) is 0 Å². The van der Waals surface area contributed by atoms with E-state index in [-0.39, 0.29) is 30.0 Å². The Morgan fingerprint density at radius 2 is 1.85 bits per heavy atom. The molecule has 1 atom stereocenters. The predicted octanol–water partition coefficient (Wildman–Crippen LogP) is 2.71. The van der Waals surface area contributed by atoms with Gasteiger partial charge in [-0.05, 0) is 49.4 Å². The molecule has 0 aliphatic carbocycles. The van der Waals surface area contributed by atoms with Crippen molar-refractivity contribution < 1.29 is 22.7 Å². The fourth-order valence-electron chi connectivity index (χ4n) is 4.15. The zero-order valence-corrected chi connectivity index (χ0v) is 19.7. The maximum absolute atomic E-state index is 13.2. The number of rotatable bonds is 6. The summed E-state index contributed by atoms with van der Waals surface area (Å²) in [6, 6.07) is 13.8. The summed E-state index contributed by atoms with van der Waals surface area (Å²) in [7, 11) is -3.70. The molecule has 176 valence electrons. The van der Waals surface area contributed by atoms with Crippen LogP contribution in [0.3, 0.4) is 0 Å². The van der Waals surface area contributed by atoms with E-state index in [9.17, 15) is 18.0 Å². The average molecular weight is 472 g/mol. The molecule has 0 bridgehead atoms. The monoisotopic (exact) mass is 471 g/mol. The molecule has 1 N–H and O–H groups in total. The maximum Gasteiger partial charge on any atom is 0.265 e. The molecule has 0 spiro atoms. The second-order valence-electron chi connectivity index (χ2n) is 8.68. The van der Waals surface area contributed by atoms with Crippen LogP contribution in [0.1, 0.15) is 38.3 Å². The van der Waals surface area contributed by atoms with E-state index in [0.717, 1.165) is 18.4 Å². The molecule has 0 aromatic heterocycles. The summed E-state index contributed by atoms with van der Waals surface area (Å²) in [6.45, 7) is 4.50. The minimum absolute atomic E-state index is 0.0946. The van der Waals surface area contributed by atoms with Gasteiger partial charge in [-0.1, -0.05) is 37.3 Å². The molecule has 2 heterocycles. The van der Waals surface area contributed by atoms with Crippen molar-refractivity contribution in [3.05, 3.63) is 54.1 Å². The molecule has 2 aromatic carbocycles. The van der Waals surface area contributed by atoms with Crippen LogP contribution in [0.15, 0.2) is 53.4 Å². The standard InChI is InChI=1S/C24H29N3O5S/c1-17-10-12-26(13-11-17)33(30,31)20-8-9-22-21(14-20)27(24(29)16-32-22)15-23(28)25-18(2)19-6-4-3-5-7-19/h3-9,14,17-18H,10-13,15-16H2,1-2H3,(H,25,28)/t18-/m1/s1. The van der Waals surface area contributed by atoms with Crippen LogP contribution in [-0.4, -0.2) is 50.8 Å². The Labute approximate surface area is 194 Å². The summed E-state index contributed by atoms with van der Waals surface area (Å²) in [5, 5.41) is 2.90. The van der Waals surface area contributed by atoms with Crippen molar-refractivity contribution in [2.45, 2.75) is 37.6 Å². The topological polar surface area (TPSA) is 96.0 Å². The number of amides is 2. The van der Waals surface area contributed by atoms with Gasteiger partial charge >= 0.3 is 0 Å². The molecule has 1 saturated heterocycles. The minimum atomic E-state index is -3.70. The molecule has 0 radical (unpaired) electrons. The number of benzene rings is 2. The van der Waals surface area contributed by atoms with E-state index in [4.69, 9.17) is 4.74 Å². The number of fused-ring (bicyclic) bond motifs is 1. The van der Waals surface area contributed by atoms with Gasteiger partial charge in [0.15, 0.2) is 6.61 Å². The molecule has 2 amide bonds. The first kappa shape index (κ1) is 23.3. The summed E-state index contributed by atoms with van der Waals surface area (Å²) < 4.78 is 33.4. The molecule has 0 unspecified atom stereocenters. The lowest BCUT2D eigenvalue weighted by molar-refractivity contribution is -0.125. The smallest absolute Gasteiger partial charge is 0.265 e. The van der Waals surface area contributed by atoms with E-state index in [0.29, 0.717) is 30.4 Å². The molecule has 2 aromatic rings. The second-order valence-corrected chi connectivity index (χ2v) is 10.6. The molecule has 8 nitrogen and oxygen atoms in total. The van der Waals surface area contributed by atoms with Gasteiger partial charge in [0.05, 0.1) is 16.6 Å². The van der Waals surface area contributed by atoms with E-state index in [1.54, 1.807) is 6.07 Å². The fourth-order valence-corrected chi connectivity index (χ4v) is 5.64. The molecule has 1 fully saturated rings. The van der Waals surface area contributed by atoms with Gasteiger partial charge in [0.1, 0.15) is 12.3 Å². The molecule has 4 rings (SSSR count). The number of nitrogens with zero attached hydrogens (tertiary/aromatic N) is 2. The highest BCUT2D eigenvalue weighted by molar-refractivity contribution is 7.89. The molecule has 0 saturated carbocycles. The lowest BCUT2D eigenvalue weighted by atomic mass is 10.0. The first-order valence-electron chi connectivity index (χ1n) is 11.2. The average Bonchev–Trinajstić information content (AvgIpc) is 2.81. The van der Waals surface area contributed by atoms with E-state index in [2.05, 4.69) is 12.2 Å². The van der Waals surface area contributed by atoms with Gasteiger partial charge in [0, 0.05) is 13.1 Å². The first-order valence-corrected chi connectivity index (χ1v) is 12.6. The molecule has 33 heavy (non-hydrogen) atoms. The quantitative estimate of drug-likeness (QED) is 0.699. The Balaban J connectivity index is 1.54. The van der Waals surface area contributed by atoms with E-state index in [1.807, 2.05) is 37.3 Å². The number of nitrogens with one attached hydrogen (secondary N) is 1. The van der Waals surface area contributed by atoms with Gasteiger partial charge in [-0.25, -0.2) is 8.42 Å². The molecular weight excluding hydrogens is 442 g/mol. The minimum Gasteiger partial charge on any atom is -0.482 e. The van der Waals surface area contributed by atoms with Gasteiger partial charge in [-0.15, -0.1) is 0 Å². The van der Waals surface area contributed by atoms with Crippen LogP contribution in [0.4, 0.5) is 5.69 Å². The van der Waals surface area contributed by atoms with Crippen molar-refractivity contribution in [3.8, 4) is 5.75 Å². The van der Waals surface area contributed by atoms with Crippen molar-refractivity contribution in [1.29, 1.82) is 0 Å². The van der Waals surface area contributed by atoms with E-state index >= 15 is 0 Å². The van der Waals surface area contributed by atoms with E-state index < -0.39 is 15.9 Å². The van der Waals surface area contributed by atoms with Crippen molar-refractivity contribution in [1.82, 2.24) is 9.62 Å². The zero-order valence-electron chi connectivity index (χ0n) is 18.9. The highest BCUT2D eigenvalue weighted by Crippen LogP contribution is 2.35. The van der Waals surface area contributed by atoms with Crippen LogP contribution in [0, 0.1) is 5.92 Å². The number of piperidine rings is 1. The Kier molecular flexibility index (Phi) is 6.71. The first-order chi connectivity index (χ1) is 15.8. The van der Waals surface area contributed by atoms with Crippen LogP contribution < -0.4 is 15.0 Å². The number of carbonyl (C=O) groups is 2. The lowest BCUT2D eigenvalue weighted by Crippen LogP contribution is -2.45. The lowest BCUT2D eigenvalue weighted by Gasteiger charge is -2.31. The Hall–Kier alpha value is -2.91. The summed E-state index contributed by atoms with van der Waals surface area (Å²) in [6.07, 6.45) is 1.63. The number of sulfonamides is 1. The second kappa shape index (κ2) is 9.52. The number of anilines is 1. The summed E-state index contributed by atoms with van der Waals surface area (Å²) in [5.41, 5.74) is 1.24.